The third-order valence-electron chi connectivity index (χ3n) is 4.39. The van der Waals surface area contributed by atoms with Crippen LogP contribution in [0.1, 0.15) is 24.3 Å². The van der Waals surface area contributed by atoms with E-state index < -0.39 is 0 Å². The van der Waals surface area contributed by atoms with Crippen LogP contribution in [0.25, 0.3) is 16.7 Å². The molecule has 4 aromatic rings. The molecule has 0 aliphatic rings. The Kier molecular flexibility index (Phi) is 4.04. The molecule has 2 aromatic carbocycles. The highest BCUT2D eigenvalue weighted by Crippen LogP contribution is 2.33. The van der Waals surface area contributed by atoms with Crippen molar-refractivity contribution < 1.29 is 9.15 Å². The van der Waals surface area contributed by atoms with Gasteiger partial charge in [0.2, 0.25) is 5.95 Å². The van der Waals surface area contributed by atoms with E-state index in [0.29, 0.717) is 5.95 Å². The first-order chi connectivity index (χ1) is 12.7. The van der Waals surface area contributed by atoms with Crippen LogP contribution in [0.4, 0.5) is 5.95 Å². The molecule has 1 unspecified atom stereocenters. The van der Waals surface area contributed by atoms with Gasteiger partial charge >= 0.3 is 0 Å². The minimum Gasteiger partial charge on any atom is -0.497 e. The highest BCUT2D eigenvalue weighted by Gasteiger charge is 2.19. The van der Waals surface area contributed by atoms with Gasteiger partial charge in [0.05, 0.1) is 18.8 Å². The van der Waals surface area contributed by atoms with E-state index in [-0.39, 0.29) is 6.04 Å². The Balaban J connectivity index is 1.66. The summed E-state index contributed by atoms with van der Waals surface area (Å²) < 4.78 is 13.0. The molecule has 0 bridgehead atoms. The van der Waals surface area contributed by atoms with Gasteiger partial charge in [-0.05, 0) is 54.6 Å². The summed E-state index contributed by atoms with van der Waals surface area (Å²) in [5, 5.41) is 16.3. The van der Waals surface area contributed by atoms with Gasteiger partial charge < -0.3 is 14.5 Å². The molecule has 0 aliphatic heterocycles. The number of nitrogens with zero attached hydrogens (tertiary/aromatic N) is 4. The van der Waals surface area contributed by atoms with Crippen molar-refractivity contribution in [1.82, 2.24) is 20.2 Å². The summed E-state index contributed by atoms with van der Waals surface area (Å²) in [5.74, 6) is 2.21. The van der Waals surface area contributed by atoms with E-state index >= 15 is 0 Å². The predicted molar refractivity (Wildman–Crippen MR) is 98.7 cm³/mol. The van der Waals surface area contributed by atoms with Crippen LogP contribution in [-0.2, 0) is 0 Å². The molecule has 0 aliphatic carbocycles. The second-order valence-electron chi connectivity index (χ2n) is 6.07. The smallest absolute Gasteiger partial charge is 0.248 e. The number of anilines is 1. The SMILES string of the molecule is COc1ccc2oc(C(C)Nc3nnnn3-c3ccccc3)c(C)c2c1. The highest BCUT2D eigenvalue weighted by atomic mass is 16.5. The van der Waals surface area contributed by atoms with Gasteiger partial charge in [-0.1, -0.05) is 23.3 Å². The molecule has 7 nitrogen and oxygen atoms in total. The van der Waals surface area contributed by atoms with Gasteiger partial charge in [-0.15, -0.1) is 0 Å². The first-order valence-corrected chi connectivity index (χ1v) is 8.34. The average Bonchev–Trinajstić information content (AvgIpc) is 3.26. The molecule has 0 fully saturated rings. The van der Waals surface area contributed by atoms with E-state index in [1.807, 2.05) is 62.4 Å². The largest absolute Gasteiger partial charge is 0.497 e. The van der Waals surface area contributed by atoms with Crippen LogP contribution in [0.3, 0.4) is 0 Å². The van der Waals surface area contributed by atoms with Crippen molar-refractivity contribution in [2.24, 2.45) is 0 Å². The van der Waals surface area contributed by atoms with E-state index in [1.165, 1.54) is 0 Å². The standard InChI is InChI=1S/C19H19N5O2/c1-12-16-11-15(25-3)9-10-17(16)26-18(12)13(2)20-19-21-22-23-24(19)14-7-5-4-6-8-14/h4-11,13H,1-3H3,(H,20,21,23). The molecule has 1 atom stereocenters. The Morgan fingerprint density at radius 1 is 1.15 bits per heavy atom. The molecule has 2 heterocycles. The number of ether oxygens (including phenoxy) is 1. The number of aromatic nitrogens is 4. The predicted octanol–water partition coefficient (Wildman–Crippen LogP) is 3.90. The van der Waals surface area contributed by atoms with Crippen LogP contribution >= 0.6 is 0 Å². The fourth-order valence-electron chi connectivity index (χ4n) is 3.04. The van der Waals surface area contributed by atoms with Crippen molar-refractivity contribution in [2.75, 3.05) is 12.4 Å². The van der Waals surface area contributed by atoms with Crippen molar-refractivity contribution in [3.63, 3.8) is 0 Å². The lowest BCUT2D eigenvalue weighted by atomic mass is 10.1. The number of para-hydroxylation sites is 1. The van der Waals surface area contributed by atoms with Gasteiger partial charge in [0.25, 0.3) is 0 Å². The Morgan fingerprint density at radius 2 is 1.96 bits per heavy atom. The first kappa shape index (κ1) is 16.1. The first-order valence-electron chi connectivity index (χ1n) is 8.34. The fourth-order valence-corrected chi connectivity index (χ4v) is 3.04. The second-order valence-corrected chi connectivity index (χ2v) is 6.07. The molecule has 132 valence electrons. The van der Waals surface area contributed by atoms with Crippen LogP contribution in [0.2, 0.25) is 0 Å². The number of furan rings is 1. The Bertz CT molecular complexity index is 1040. The summed E-state index contributed by atoms with van der Waals surface area (Å²) in [6.07, 6.45) is 0. The zero-order valence-corrected chi connectivity index (χ0v) is 14.8. The highest BCUT2D eigenvalue weighted by molar-refractivity contribution is 5.83. The van der Waals surface area contributed by atoms with Crippen LogP contribution in [0.15, 0.2) is 52.9 Å². The van der Waals surface area contributed by atoms with Crippen LogP contribution in [0, 0.1) is 6.92 Å². The third kappa shape index (κ3) is 2.77. The number of hydrogen-bond acceptors (Lipinski definition) is 6. The van der Waals surface area contributed by atoms with Crippen molar-refractivity contribution in [3.8, 4) is 11.4 Å². The number of fused-ring (bicyclic) bond motifs is 1. The lowest BCUT2D eigenvalue weighted by Crippen LogP contribution is -2.12. The summed E-state index contributed by atoms with van der Waals surface area (Å²) >= 11 is 0. The number of tetrazole rings is 1. The van der Waals surface area contributed by atoms with E-state index in [2.05, 4.69) is 20.8 Å². The van der Waals surface area contributed by atoms with Gasteiger partial charge in [0.1, 0.15) is 17.1 Å². The molecule has 26 heavy (non-hydrogen) atoms. The van der Waals surface area contributed by atoms with Crippen molar-refractivity contribution in [3.05, 3.63) is 59.9 Å². The molecule has 0 radical (unpaired) electrons. The maximum Gasteiger partial charge on any atom is 0.248 e. The lowest BCUT2D eigenvalue weighted by molar-refractivity contribution is 0.415. The molecule has 0 spiro atoms. The van der Waals surface area contributed by atoms with Crippen LogP contribution < -0.4 is 10.1 Å². The van der Waals surface area contributed by atoms with Crippen molar-refractivity contribution >= 4 is 16.9 Å². The molecule has 7 heteroatoms. The van der Waals surface area contributed by atoms with Crippen molar-refractivity contribution in [2.45, 2.75) is 19.9 Å². The van der Waals surface area contributed by atoms with Gasteiger partial charge in [0, 0.05) is 10.9 Å². The quantitative estimate of drug-likeness (QED) is 0.589. The van der Waals surface area contributed by atoms with Gasteiger partial charge in [-0.25, -0.2) is 0 Å². The Labute approximate surface area is 150 Å². The number of nitrogens with one attached hydrogen (secondary N) is 1. The van der Waals surface area contributed by atoms with E-state index in [0.717, 1.165) is 33.7 Å². The summed E-state index contributed by atoms with van der Waals surface area (Å²) in [6.45, 7) is 4.06. The zero-order valence-electron chi connectivity index (χ0n) is 14.8. The summed E-state index contributed by atoms with van der Waals surface area (Å²) in [5.41, 5.74) is 2.78. The lowest BCUT2D eigenvalue weighted by Gasteiger charge is -2.13. The molecular formula is C19H19N5O2. The van der Waals surface area contributed by atoms with E-state index in [9.17, 15) is 0 Å². The molecule has 0 saturated heterocycles. The minimum atomic E-state index is -0.109. The number of hydrogen-bond donors (Lipinski definition) is 1. The topological polar surface area (TPSA) is 78.0 Å². The monoisotopic (exact) mass is 349 g/mol. The minimum absolute atomic E-state index is 0.109. The Hall–Kier alpha value is -3.35. The fraction of sp³-hybridized carbons (Fsp3) is 0.211. The van der Waals surface area contributed by atoms with Crippen LogP contribution in [-0.4, -0.2) is 27.3 Å². The summed E-state index contributed by atoms with van der Waals surface area (Å²) in [7, 11) is 1.66. The molecule has 0 amide bonds. The number of methoxy groups -OCH3 is 1. The third-order valence-corrected chi connectivity index (χ3v) is 4.39. The number of aryl methyl sites for hydroxylation is 1. The van der Waals surface area contributed by atoms with Crippen LogP contribution in [0.5, 0.6) is 5.75 Å². The van der Waals surface area contributed by atoms with Gasteiger partial charge in [0.15, 0.2) is 0 Å². The van der Waals surface area contributed by atoms with E-state index in [4.69, 9.17) is 9.15 Å². The maximum absolute atomic E-state index is 6.06. The normalized spacial score (nSPS) is 12.3. The molecule has 1 N–H and O–H groups in total. The molecule has 4 rings (SSSR count). The van der Waals surface area contributed by atoms with Gasteiger partial charge in [-0.3, -0.25) is 0 Å². The average molecular weight is 349 g/mol. The van der Waals surface area contributed by atoms with E-state index in [1.54, 1.807) is 11.8 Å². The number of rotatable bonds is 5. The maximum atomic E-state index is 6.06. The van der Waals surface area contributed by atoms with Gasteiger partial charge in [-0.2, -0.15) is 4.68 Å². The summed E-state index contributed by atoms with van der Waals surface area (Å²) in [4.78, 5) is 0. The molecular weight excluding hydrogens is 330 g/mol. The molecule has 2 aromatic heterocycles. The van der Waals surface area contributed by atoms with Crippen molar-refractivity contribution in [1.29, 1.82) is 0 Å². The molecule has 0 saturated carbocycles. The second kappa shape index (κ2) is 6.51. The number of benzene rings is 2. The summed E-state index contributed by atoms with van der Waals surface area (Å²) in [6, 6.07) is 15.4. The zero-order chi connectivity index (χ0) is 18.1. The Morgan fingerprint density at radius 3 is 2.73 bits per heavy atom.